The summed E-state index contributed by atoms with van der Waals surface area (Å²) in [4.78, 5) is 22.0. The molecule has 7 heteroatoms. The number of aliphatic hydroxyl groups excluding tert-OH is 1. The highest BCUT2D eigenvalue weighted by Crippen LogP contribution is 2.32. The van der Waals surface area contributed by atoms with E-state index in [2.05, 4.69) is 5.32 Å². The molecule has 6 nitrogen and oxygen atoms in total. The first kappa shape index (κ1) is 13.8. The van der Waals surface area contributed by atoms with E-state index in [4.69, 9.17) is 11.6 Å². The Morgan fingerprint density at radius 2 is 2.21 bits per heavy atom. The summed E-state index contributed by atoms with van der Waals surface area (Å²) >= 11 is 5.87. The van der Waals surface area contributed by atoms with Crippen molar-refractivity contribution in [1.29, 1.82) is 0 Å². The fourth-order valence-corrected chi connectivity index (χ4v) is 2.30. The van der Waals surface area contributed by atoms with Crippen LogP contribution in [0, 0.1) is 10.1 Å². The molecule has 0 aromatic heterocycles. The van der Waals surface area contributed by atoms with Crippen molar-refractivity contribution in [2.75, 3.05) is 6.61 Å². The van der Waals surface area contributed by atoms with Crippen LogP contribution in [-0.4, -0.2) is 28.1 Å². The first-order valence-electron chi connectivity index (χ1n) is 5.85. The lowest BCUT2D eigenvalue weighted by Gasteiger charge is -2.41. The summed E-state index contributed by atoms with van der Waals surface area (Å²) < 4.78 is 0. The average Bonchev–Trinajstić information content (AvgIpc) is 2.33. The van der Waals surface area contributed by atoms with Gasteiger partial charge < -0.3 is 10.4 Å². The highest BCUT2D eigenvalue weighted by Gasteiger charge is 2.38. The summed E-state index contributed by atoms with van der Waals surface area (Å²) in [5, 5.41) is 22.6. The van der Waals surface area contributed by atoms with E-state index in [1.54, 1.807) is 0 Å². The molecule has 0 bridgehead atoms. The maximum Gasteiger partial charge on any atom is 0.270 e. The number of rotatable bonds is 4. The minimum atomic E-state index is -0.575. The summed E-state index contributed by atoms with van der Waals surface area (Å²) in [5.74, 6) is -0.423. The second-order valence-electron chi connectivity index (χ2n) is 4.67. The summed E-state index contributed by atoms with van der Waals surface area (Å²) in [6.07, 6.45) is 2.40. The number of carbonyl (C=O) groups is 1. The number of nitrogens with zero attached hydrogens (tertiary/aromatic N) is 1. The van der Waals surface area contributed by atoms with Crippen molar-refractivity contribution in [1.82, 2.24) is 5.32 Å². The number of non-ortho nitro benzene ring substituents is 1. The number of carbonyl (C=O) groups excluding carboxylic acids is 1. The van der Waals surface area contributed by atoms with Crippen LogP contribution >= 0.6 is 11.6 Å². The molecule has 19 heavy (non-hydrogen) atoms. The molecule has 2 rings (SSSR count). The Hall–Kier alpha value is -1.66. The van der Waals surface area contributed by atoms with E-state index in [-0.39, 0.29) is 22.9 Å². The number of hydrogen-bond acceptors (Lipinski definition) is 4. The maximum atomic E-state index is 12.0. The van der Waals surface area contributed by atoms with Gasteiger partial charge in [-0.05, 0) is 25.3 Å². The Kier molecular flexibility index (Phi) is 3.73. The zero-order valence-electron chi connectivity index (χ0n) is 10.1. The first-order chi connectivity index (χ1) is 8.97. The van der Waals surface area contributed by atoms with Crippen molar-refractivity contribution in [3.63, 3.8) is 0 Å². The van der Waals surface area contributed by atoms with Gasteiger partial charge >= 0.3 is 0 Å². The lowest BCUT2D eigenvalue weighted by molar-refractivity contribution is -0.384. The minimum Gasteiger partial charge on any atom is -0.394 e. The van der Waals surface area contributed by atoms with E-state index < -0.39 is 16.4 Å². The van der Waals surface area contributed by atoms with Crippen molar-refractivity contribution in [2.45, 2.75) is 24.8 Å². The van der Waals surface area contributed by atoms with Gasteiger partial charge in [0.05, 0.1) is 27.7 Å². The zero-order chi connectivity index (χ0) is 14.0. The van der Waals surface area contributed by atoms with Gasteiger partial charge in [-0.1, -0.05) is 11.6 Å². The Bertz CT molecular complexity index is 523. The monoisotopic (exact) mass is 284 g/mol. The molecule has 1 saturated carbocycles. The normalized spacial score (nSPS) is 16.5. The molecule has 1 aliphatic carbocycles. The van der Waals surface area contributed by atoms with Crippen LogP contribution in [0.25, 0.3) is 0 Å². The van der Waals surface area contributed by atoms with Crippen LogP contribution in [-0.2, 0) is 0 Å². The smallest absolute Gasteiger partial charge is 0.270 e. The number of nitrogens with one attached hydrogen (secondary N) is 1. The lowest BCUT2D eigenvalue weighted by atomic mass is 9.77. The summed E-state index contributed by atoms with van der Waals surface area (Å²) in [6, 6.07) is 3.69. The van der Waals surface area contributed by atoms with E-state index in [0.717, 1.165) is 25.3 Å². The largest absolute Gasteiger partial charge is 0.394 e. The zero-order valence-corrected chi connectivity index (χ0v) is 10.8. The van der Waals surface area contributed by atoms with Crippen LogP contribution in [0.1, 0.15) is 29.6 Å². The Morgan fingerprint density at radius 1 is 1.53 bits per heavy atom. The Labute approximate surface area is 114 Å². The molecule has 102 valence electrons. The van der Waals surface area contributed by atoms with E-state index in [9.17, 15) is 20.0 Å². The molecular formula is C12H13ClN2O4. The molecule has 2 N–H and O–H groups in total. The van der Waals surface area contributed by atoms with Gasteiger partial charge in [0.25, 0.3) is 11.6 Å². The maximum absolute atomic E-state index is 12.0. The van der Waals surface area contributed by atoms with Crippen molar-refractivity contribution < 1.29 is 14.8 Å². The molecule has 0 heterocycles. The van der Waals surface area contributed by atoms with Gasteiger partial charge in [-0.25, -0.2) is 0 Å². The van der Waals surface area contributed by atoms with Crippen molar-refractivity contribution >= 4 is 23.2 Å². The Balaban J connectivity index is 2.17. The van der Waals surface area contributed by atoms with Crippen LogP contribution in [0.3, 0.4) is 0 Å². The minimum absolute atomic E-state index is 0.0270. The molecule has 0 aliphatic heterocycles. The SMILES string of the molecule is O=C(NC1(CO)CCC1)c1ccc([N+](=O)[O-])cc1Cl. The number of amides is 1. The predicted octanol–water partition coefficient (Wildman–Crippen LogP) is 1.89. The van der Waals surface area contributed by atoms with Gasteiger partial charge in [-0.15, -0.1) is 0 Å². The number of nitro groups is 1. The van der Waals surface area contributed by atoms with Crippen LogP contribution in [0.15, 0.2) is 18.2 Å². The quantitative estimate of drug-likeness (QED) is 0.652. The van der Waals surface area contributed by atoms with Crippen LogP contribution in [0.5, 0.6) is 0 Å². The molecule has 1 aromatic rings. The second-order valence-corrected chi connectivity index (χ2v) is 5.07. The molecule has 0 saturated heterocycles. The number of halogens is 1. The summed E-state index contributed by atoms with van der Waals surface area (Å²) in [7, 11) is 0. The van der Waals surface area contributed by atoms with Gasteiger partial charge in [-0.3, -0.25) is 14.9 Å². The number of aliphatic hydroxyl groups is 1. The highest BCUT2D eigenvalue weighted by atomic mass is 35.5. The van der Waals surface area contributed by atoms with Gasteiger partial charge in [0, 0.05) is 12.1 Å². The third kappa shape index (κ3) is 2.69. The van der Waals surface area contributed by atoms with Crippen molar-refractivity contribution in [3.8, 4) is 0 Å². The molecule has 0 spiro atoms. The third-order valence-electron chi connectivity index (χ3n) is 3.40. The Morgan fingerprint density at radius 3 is 2.63 bits per heavy atom. The molecule has 1 aromatic carbocycles. The summed E-state index contributed by atoms with van der Waals surface area (Å²) in [6.45, 7) is -0.122. The summed E-state index contributed by atoms with van der Waals surface area (Å²) in [5.41, 5.74) is -0.559. The molecule has 0 atom stereocenters. The standard InChI is InChI=1S/C12H13ClN2O4/c13-10-6-8(15(18)19)2-3-9(10)11(17)14-12(7-16)4-1-5-12/h2-3,6,16H,1,4-5,7H2,(H,14,17). The van der Waals surface area contributed by atoms with Crippen molar-refractivity contribution in [2.24, 2.45) is 0 Å². The number of benzene rings is 1. The number of hydrogen-bond donors (Lipinski definition) is 2. The van der Waals surface area contributed by atoms with E-state index in [1.165, 1.54) is 12.1 Å². The number of nitro benzene ring substituents is 1. The topological polar surface area (TPSA) is 92.5 Å². The van der Waals surface area contributed by atoms with Gasteiger partial charge in [0.1, 0.15) is 0 Å². The molecular weight excluding hydrogens is 272 g/mol. The van der Waals surface area contributed by atoms with E-state index in [0.29, 0.717) is 0 Å². The fourth-order valence-electron chi connectivity index (χ4n) is 2.04. The molecule has 0 unspecified atom stereocenters. The molecule has 1 fully saturated rings. The van der Waals surface area contributed by atoms with Crippen LogP contribution < -0.4 is 5.32 Å². The van der Waals surface area contributed by atoms with E-state index >= 15 is 0 Å². The fraction of sp³-hybridized carbons (Fsp3) is 0.417. The van der Waals surface area contributed by atoms with Crippen molar-refractivity contribution in [3.05, 3.63) is 38.9 Å². The van der Waals surface area contributed by atoms with E-state index in [1.807, 2.05) is 0 Å². The van der Waals surface area contributed by atoms with Crippen LogP contribution in [0.2, 0.25) is 5.02 Å². The lowest BCUT2D eigenvalue weighted by Crippen LogP contribution is -2.56. The molecule has 1 amide bonds. The van der Waals surface area contributed by atoms with Gasteiger partial charge in [-0.2, -0.15) is 0 Å². The van der Waals surface area contributed by atoms with Gasteiger partial charge in [0.15, 0.2) is 0 Å². The molecule has 0 radical (unpaired) electrons. The predicted molar refractivity (Wildman–Crippen MR) is 69.2 cm³/mol. The highest BCUT2D eigenvalue weighted by molar-refractivity contribution is 6.34. The average molecular weight is 285 g/mol. The van der Waals surface area contributed by atoms with Gasteiger partial charge in [0.2, 0.25) is 0 Å². The second kappa shape index (κ2) is 5.14. The first-order valence-corrected chi connectivity index (χ1v) is 6.22. The third-order valence-corrected chi connectivity index (χ3v) is 3.71. The van der Waals surface area contributed by atoms with Crippen LogP contribution in [0.4, 0.5) is 5.69 Å². The molecule has 1 aliphatic rings.